The molecule has 1 rings (SSSR count). The standard InChI is InChI=1S/C22H39N3O4/c1-16(2)19(27)22(6)11-8-9-14-29-20(28)25(7)13-10-12-21(5,24-17(3)4)18(26)15-23-22/h8-9,16-17,23-24H,10-15H2,1-7H3/t21-,22+/m1/s1. The van der Waals surface area contributed by atoms with E-state index in [1.807, 2.05) is 47.6 Å². The van der Waals surface area contributed by atoms with Gasteiger partial charge in [0.1, 0.15) is 6.61 Å². The number of carbonyl (C=O) groups excluding carboxylic acids is 3. The minimum atomic E-state index is -0.861. The van der Waals surface area contributed by atoms with Crippen molar-refractivity contribution in [1.82, 2.24) is 15.5 Å². The summed E-state index contributed by atoms with van der Waals surface area (Å²) in [4.78, 5) is 39.6. The van der Waals surface area contributed by atoms with Crippen molar-refractivity contribution in [2.45, 2.75) is 77.9 Å². The van der Waals surface area contributed by atoms with Gasteiger partial charge < -0.3 is 15.0 Å². The van der Waals surface area contributed by atoms with Gasteiger partial charge in [0, 0.05) is 25.6 Å². The molecule has 29 heavy (non-hydrogen) atoms. The largest absolute Gasteiger partial charge is 0.445 e. The van der Waals surface area contributed by atoms with Crippen LogP contribution in [-0.4, -0.2) is 66.4 Å². The number of cyclic esters (lactones) is 1. The summed E-state index contributed by atoms with van der Waals surface area (Å²) in [6, 6.07) is 0.125. The summed E-state index contributed by atoms with van der Waals surface area (Å²) in [6.45, 7) is 12.2. The number of ether oxygens (including phenoxy) is 1. The fourth-order valence-corrected chi connectivity index (χ4v) is 3.67. The highest BCUT2D eigenvalue weighted by Gasteiger charge is 2.37. The van der Waals surface area contributed by atoms with E-state index < -0.39 is 17.2 Å². The lowest BCUT2D eigenvalue weighted by Gasteiger charge is -2.35. The maximum atomic E-state index is 13.2. The average molecular weight is 410 g/mol. The third-order valence-corrected chi connectivity index (χ3v) is 5.41. The number of ketones is 2. The molecule has 166 valence electrons. The van der Waals surface area contributed by atoms with Crippen LogP contribution in [0.2, 0.25) is 0 Å². The van der Waals surface area contributed by atoms with Crippen LogP contribution in [0.25, 0.3) is 0 Å². The average Bonchev–Trinajstić information content (AvgIpc) is 2.63. The fraction of sp³-hybridized carbons (Fsp3) is 0.773. The second kappa shape index (κ2) is 10.9. The zero-order valence-corrected chi connectivity index (χ0v) is 19.1. The van der Waals surface area contributed by atoms with Crippen LogP contribution in [0.5, 0.6) is 0 Å². The number of rotatable bonds is 4. The Balaban J connectivity index is 3.14. The number of hydrogen-bond acceptors (Lipinski definition) is 6. The van der Waals surface area contributed by atoms with Gasteiger partial charge in [0.05, 0.1) is 17.6 Å². The lowest BCUT2D eigenvalue weighted by molar-refractivity contribution is -0.129. The summed E-state index contributed by atoms with van der Waals surface area (Å²) >= 11 is 0. The van der Waals surface area contributed by atoms with Gasteiger partial charge in [0.2, 0.25) is 0 Å². The molecular weight excluding hydrogens is 370 g/mol. The molecule has 1 heterocycles. The molecule has 2 N–H and O–H groups in total. The third kappa shape index (κ3) is 7.55. The highest BCUT2D eigenvalue weighted by atomic mass is 16.6. The molecule has 0 aliphatic carbocycles. The lowest BCUT2D eigenvalue weighted by Crippen LogP contribution is -2.59. The van der Waals surface area contributed by atoms with Crippen LogP contribution in [0.15, 0.2) is 12.2 Å². The van der Waals surface area contributed by atoms with Gasteiger partial charge in [-0.15, -0.1) is 0 Å². The number of Topliss-reactive ketones (excluding diaryl/α,β-unsaturated/α-hetero) is 2. The first kappa shape index (κ1) is 25.3. The van der Waals surface area contributed by atoms with Crippen molar-refractivity contribution in [1.29, 1.82) is 0 Å². The fourth-order valence-electron chi connectivity index (χ4n) is 3.67. The molecule has 7 nitrogen and oxygen atoms in total. The monoisotopic (exact) mass is 409 g/mol. The molecule has 1 aliphatic heterocycles. The van der Waals surface area contributed by atoms with E-state index in [9.17, 15) is 14.4 Å². The molecule has 0 unspecified atom stereocenters. The molecule has 0 fully saturated rings. The highest BCUT2D eigenvalue weighted by Crippen LogP contribution is 2.20. The van der Waals surface area contributed by atoms with E-state index in [1.54, 1.807) is 13.1 Å². The molecule has 0 saturated heterocycles. The Kier molecular flexibility index (Phi) is 9.49. The van der Waals surface area contributed by atoms with Gasteiger partial charge in [-0.1, -0.05) is 26.0 Å². The van der Waals surface area contributed by atoms with Crippen molar-refractivity contribution in [3.8, 4) is 0 Å². The molecule has 0 aromatic heterocycles. The van der Waals surface area contributed by atoms with Gasteiger partial charge >= 0.3 is 6.09 Å². The van der Waals surface area contributed by atoms with Crippen molar-refractivity contribution >= 4 is 17.7 Å². The van der Waals surface area contributed by atoms with E-state index in [1.165, 1.54) is 4.90 Å². The smallest absolute Gasteiger partial charge is 0.409 e. The molecular formula is C22H39N3O4. The molecule has 1 aliphatic rings. The Morgan fingerprint density at radius 1 is 1.21 bits per heavy atom. The van der Waals surface area contributed by atoms with E-state index in [0.29, 0.717) is 25.8 Å². The zero-order chi connectivity index (χ0) is 22.2. The van der Waals surface area contributed by atoms with Crippen LogP contribution in [0.3, 0.4) is 0 Å². The van der Waals surface area contributed by atoms with E-state index in [0.717, 1.165) is 0 Å². The summed E-state index contributed by atoms with van der Waals surface area (Å²) < 4.78 is 5.26. The van der Waals surface area contributed by atoms with E-state index in [-0.39, 0.29) is 36.7 Å². The van der Waals surface area contributed by atoms with Crippen LogP contribution in [-0.2, 0) is 14.3 Å². The van der Waals surface area contributed by atoms with Gasteiger partial charge in [0.25, 0.3) is 0 Å². The van der Waals surface area contributed by atoms with Gasteiger partial charge in [0.15, 0.2) is 11.6 Å². The van der Waals surface area contributed by atoms with Crippen molar-refractivity contribution in [3.63, 3.8) is 0 Å². The molecule has 7 heteroatoms. The Morgan fingerprint density at radius 2 is 1.86 bits per heavy atom. The van der Waals surface area contributed by atoms with Crippen LogP contribution in [0.1, 0.15) is 60.8 Å². The third-order valence-electron chi connectivity index (χ3n) is 5.41. The van der Waals surface area contributed by atoms with E-state index in [2.05, 4.69) is 10.6 Å². The number of nitrogens with one attached hydrogen (secondary N) is 2. The maximum Gasteiger partial charge on any atom is 0.409 e. The Labute approximate surface area is 175 Å². The molecule has 2 atom stereocenters. The molecule has 0 aromatic carbocycles. The summed E-state index contributed by atoms with van der Waals surface area (Å²) in [5.41, 5.74) is -1.61. The number of hydrogen-bond donors (Lipinski definition) is 2. The molecule has 0 bridgehead atoms. The van der Waals surface area contributed by atoms with Gasteiger partial charge in [-0.25, -0.2) is 4.79 Å². The second-order valence-electron chi connectivity index (χ2n) is 9.04. The summed E-state index contributed by atoms with van der Waals surface area (Å²) in [7, 11) is 1.69. The van der Waals surface area contributed by atoms with Crippen LogP contribution in [0, 0.1) is 5.92 Å². The summed E-state index contributed by atoms with van der Waals surface area (Å²) in [5.74, 6) is -0.0997. The summed E-state index contributed by atoms with van der Waals surface area (Å²) in [6.07, 6.45) is 4.83. The zero-order valence-electron chi connectivity index (χ0n) is 19.1. The normalized spacial score (nSPS) is 28.2. The maximum absolute atomic E-state index is 13.2. The first-order valence-corrected chi connectivity index (χ1v) is 10.5. The minimum Gasteiger partial charge on any atom is -0.445 e. The Hall–Kier alpha value is -1.73. The first-order chi connectivity index (χ1) is 13.4. The van der Waals surface area contributed by atoms with Crippen molar-refractivity contribution in [3.05, 3.63) is 12.2 Å². The molecule has 0 radical (unpaired) electrons. The van der Waals surface area contributed by atoms with Crippen molar-refractivity contribution in [2.24, 2.45) is 5.92 Å². The minimum absolute atomic E-state index is 0.0121. The second-order valence-corrected chi connectivity index (χ2v) is 9.04. The van der Waals surface area contributed by atoms with Gasteiger partial charge in [-0.05, 0) is 47.0 Å². The van der Waals surface area contributed by atoms with Crippen LogP contribution < -0.4 is 10.6 Å². The first-order valence-electron chi connectivity index (χ1n) is 10.5. The molecule has 0 aromatic rings. The Bertz CT molecular complexity index is 617. The molecule has 0 spiro atoms. The molecule has 0 saturated carbocycles. The number of nitrogens with zero attached hydrogens (tertiary/aromatic N) is 1. The van der Waals surface area contributed by atoms with Gasteiger partial charge in [-0.3, -0.25) is 14.9 Å². The van der Waals surface area contributed by atoms with Crippen LogP contribution >= 0.6 is 0 Å². The highest BCUT2D eigenvalue weighted by molar-refractivity contribution is 5.93. The number of carbonyl (C=O) groups is 3. The number of amides is 1. The molecule has 1 amide bonds. The summed E-state index contributed by atoms with van der Waals surface area (Å²) in [5, 5.41) is 6.62. The van der Waals surface area contributed by atoms with Crippen molar-refractivity contribution in [2.75, 3.05) is 26.7 Å². The Morgan fingerprint density at radius 3 is 2.45 bits per heavy atom. The lowest BCUT2D eigenvalue weighted by atomic mass is 9.84. The van der Waals surface area contributed by atoms with Gasteiger partial charge in [-0.2, -0.15) is 0 Å². The topological polar surface area (TPSA) is 87.7 Å². The van der Waals surface area contributed by atoms with Crippen molar-refractivity contribution < 1.29 is 19.1 Å². The van der Waals surface area contributed by atoms with E-state index in [4.69, 9.17) is 4.74 Å². The predicted molar refractivity (Wildman–Crippen MR) is 115 cm³/mol. The SMILES string of the molecule is CC(C)N[C@]1(C)CCCN(C)C(=O)OCC=CC[C@@](C)(C(=O)C(C)C)NCC1=O. The predicted octanol–water partition coefficient (Wildman–Crippen LogP) is 2.69. The van der Waals surface area contributed by atoms with E-state index >= 15 is 0 Å². The van der Waals surface area contributed by atoms with Crippen LogP contribution in [0.4, 0.5) is 4.79 Å². The quantitative estimate of drug-likeness (QED) is 0.694.